The van der Waals surface area contributed by atoms with Gasteiger partial charge in [0.2, 0.25) is 23.6 Å². The van der Waals surface area contributed by atoms with Crippen LogP contribution in [0.15, 0.2) is 66.7 Å². The maximum Gasteiger partial charge on any atom is 0.277 e. The molecule has 23 heteroatoms. The predicted octanol–water partition coefficient (Wildman–Crippen LogP) is 9.33. The van der Waals surface area contributed by atoms with Gasteiger partial charge in [-0.1, -0.05) is 77.0 Å². The summed E-state index contributed by atoms with van der Waals surface area (Å²) in [5.74, 6) is -7.97. The molecule has 4 aromatic rings. The number of amides is 9. The van der Waals surface area contributed by atoms with Crippen molar-refractivity contribution in [2.75, 3.05) is 42.2 Å². The lowest BCUT2D eigenvalue weighted by atomic mass is 10.0. The van der Waals surface area contributed by atoms with Crippen LogP contribution in [0.25, 0.3) is 0 Å². The summed E-state index contributed by atoms with van der Waals surface area (Å²) in [6.45, 7) is 2.50. The summed E-state index contributed by atoms with van der Waals surface area (Å²) in [7, 11) is 0. The lowest BCUT2D eigenvalue weighted by Crippen LogP contribution is -2.54. The molecule has 8 N–H and O–H groups in total. The molecule has 2 unspecified atom stereocenters. The predicted molar refractivity (Wildman–Crippen MR) is 308 cm³/mol. The van der Waals surface area contributed by atoms with Crippen LogP contribution in [0.3, 0.4) is 0 Å². The third kappa shape index (κ3) is 16.5. The van der Waals surface area contributed by atoms with Crippen LogP contribution in [0.1, 0.15) is 180 Å². The van der Waals surface area contributed by atoms with Crippen molar-refractivity contribution < 1.29 is 61.2 Å². The molecule has 4 aliphatic heterocycles. The molecule has 0 aliphatic carbocycles. The van der Waals surface area contributed by atoms with Gasteiger partial charge in [0.25, 0.3) is 29.5 Å². The number of fused-ring (bicyclic) bond motifs is 2. The molecule has 82 heavy (non-hydrogen) atoms. The number of hydroxylamine groups is 1. The largest absolute Gasteiger partial charge is 0.385 e. The standard InChI is InChI=1S/C38H41F3IN5O6.C21H28N4O4/c39-28-15-14-26(34(33(28)41)44-30-16-11-23(42)21-29(30)40)35(49)46-53-20-10-8-6-4-2-1-3-5-7-9-19-43-24-12-13-25-27(22-24)38(52)47(37(25)51)31-17-18-32(48)45-36(31)50;22-11-5-3-1-2-4-6-12-23-14-7-8-15-16(13-14)21(29)25(20(15)28)17-9-10-18(26)24-19(17)27/h11-16,21-22,31,43-44H,1-10,17-20H2,(H,46,49)(H,45,48,50);7-8,13,17,23H,1-6,9-12,22H2,(H,24,26,27). The fourth-order valence-electron chi connectivity index (χ4n) is 10.1. The fourth-order valence-corrected chi connectivity index (χ4v) is 10.5. The SMILES string of the molecule is NCCCCCCCCNc1ccc2c(c1)C(=O)N(C1CCC(=O)NC1=O)C2=O.O=C1CCC(N2C(=O)c3ccc(NCCCCCCCCCCCCONC(=O)c4ccc(F)c(F)c4Nc4ccc(I)cc4F)cc3C2=O)C(=O)N1. The first-order valence-corrected chi connectivity index (χ1v) is 29.2. The van der Waals surface area contributed by atoms with Crippen molar-refractivity contribution in [2.45, 2.75) is 141 Å². The quantitative estimate of drug-likeness (QED) is 0.0116. The number of carbonyl (C=O) groups excluding carboxylic acids is 9. The Labute approximate surface area is 487 Å². The smallest absolute Gasteiger partial charge is 0.277 e. The van der Waals surface area contributed by atoms with Crippen molar-refractivity contribution >= 4 is 98.5 Å². The van der Waals surface area contributed by atoms with Gasteiger partial charge in [-0.05, 0) is 134 Å². The van der Waals surface area contributed by atoms with Gasteiger partial charge in [-0.25, -0.2) is 18.7 Å². The van der Waals surface area contributed by atoms with E-state index in [9.17, 15) is 56.3 Å². The molecule has 4 aromatic carbocycles. The minimum atomic E-state index is -1.30. The number of unbranched alkanes of at least 4 members (excludes halogenated alkanes) is 14. The van der Waals surface area contributed by atoms with E-state index < -0.39 is 82.5 Å². The second-order valence-electron chi connectivity index (χ2n) is 20.5. The van der Waals surface area contributed by atoms with E-state index in [2.05, 4.69) is 32.1 Å². The van der Waals surface area contributed by atoms with Crippen LogP contribution in [0.5, 0.6) is 0 Å². The highest BCUT2D eigenvalue weighted by atomic mass is 127. The number of benzene rings is 4. The van der Waals surface area contributed by atoms with Gasteiger partial charge < -0.3 is 21.7 Å². The summed E-state index contributed by atoms with van der Waals surface area (Å²) in [6.07, 6.45) is 17.4. The molecule has 9 amide bonds. The maximum absolute atomic E-state index is 14.6. The number of halogens is 4. The lowest BCUT2D eigenvalue weighted by Gasteiger charge is -2.27. The molecule has 438 valence electrons. The zero-order chi connectivity index (χ0) is 58.7. The van der Waals surface area contributed by atoms with Gasteiger partial charge in [-0.3, -0.25) is 68.4 Å². The molecule has 4 aliphatic rings. The van der Waals surface area contributed by atoms with Crippen LogP contribution in [0.4, 0.5) is 35.9 Å². The Hall–Kier alpha value is -7.25. The highest BCUT2D eigenvalue weighted by Gasteiger charge is 2.46. The highest BCUT2D eigenvalue weighted by molar-refractivity contribution is 14.1. The van der Waals surface area contributed by atoms with Crippen molar-refractivity contribution in [1.82, 2.24) is 25.9 Å². The molecule has 0 bridgehead atoms. The number of rotatable bonds is 29. The van der Waals surface area contributed by atoms with E-state index in [4.69, 9.17) is 10.6 Å². The fraction of sp³-hybridized carbons (Fsp3) is 0.441. The molecule has 0 saturated carbocycles. The highest BCUT2D eigenvalue weighted by Crippen LogP contribution is 2.33. The van der Waals surface area contributed by atoms with Crippen LogP contribution in [0.2, 0.25) is 0 Å². The molecule has 8 rings (SSSR count). The number of carbonyl (C=O) groups is 9. The number of nitrogens with zero attached hydrogens (tertiary/aromatic N) is 2. The van der Waals surface area contributed by atoms with E-state index in [1.54, 1.807) is 42.5 Å². The average molecular weight is 1250 g/mol. The number of piperidine rings is 2. The minimum Gasteiger partial charge on any atom is -0.385 e. The van der Waals surface area contributed by atoms with Gasteiger partial charge in [0.1, 0.15) is 17.9 Å². The van der Waals surface area contributed by atoms with Crippen molar-refractivity contribution in [2.24, 2.45) is 5.73 Å². The van der Waals surface area contributed by atoms with Crippen molar-refractivity contribution in [3.63, 3.8) is 0 Å². The van der Waals surface area contributed by atoms with Crippen molar-refractivity contribution in [1.29, 1.82) is 0 Å². The van der Waals surface area contributed by atoms with Gasteiger partial charge in [0, 0.05) is 40.9 Å². The number of nitrogens with two attached hydrogens (primary N) is 1. The van der Waals surface area contributed by atoms with Crippen LogP contribution in [-0.2, 0) is 24.0 Å². The first-order valence-electron chi connectivity index (χ1n) is 28.1. The summed E-state index contributed by atoms with van der Waals surface area (Å²) in [6, 6.07) is 14.3. The second kappa shape index (κ2) is 30.7. The Morgan fingerprint density at radius 1 is 0.561 bits per heavy atom. The summed E-state index contributed by atoms with van der Waals surface area (Å²) >= 11 is 1.92. The number of hydrogen-bond donors (Lipinski definition) is 7. The van der Waals surface area contributed by atoms with E-state index in [0.717, 1.165) is 123 Å². The van der Waals surface area contributed by atoms with Gasteiger partial charge in [-0.15, -0.1) is 0 Å². The molecule has 2 atom stereocenters. The van der Waals surface area contributed by atoms with E-state index in [0.29, 0.717) is 27.7 Å². The molecule has 19 nitrogen and oxygen atoms in total. The molecule has 0 radical (unpaired) electrons. The maximum atomic E-state index is 14.6. The first-order chi connectivity index (χ1) is 39.6. The van der Waals surface area contributed by atoms with Gasteiger partial charge in [-0.2, -0.15) is 0 Å². The van der Waals surface area contributed by atoms with E-state index in [1.807, 2.05) is 22.6 Å². The average Bonchev–Trinajstić information content (AvgIpc) is 3.02. The number of imide groups is 4. The molecule has 0 spiro atoms. The summed E-state index contributed by atoms with van der Waals surface area (Å²) < 4.78 is 43.5. The molecular weight excluding hydrogens is 1180 g/mol. The summed E-state index contributed by atoms with van der Waals surface area (Å²) in [5, 5.41) is 13.5. The van der Waals surface area contributed by atoms with E-state index in [-0.39, 0.29) is 60.6 Å². The topological polar surface area (TPSA) is 268 Å². The van der Waals surface area contributed by atoms with E-state index >= 15 is 0 Å². The second-order valence-corrected chi connectivity index (χ2v) is 21.8. The zero-order valence-electron chi connectivity index (χ0n) is 45.5. The van der Waals surface area contributed by atoms with Crippen LogP contribution in [-0.4, -0.2) is 101 Å². The number of anilines is 4. The number of hydrogen-bond acceptors (Lipinski definition) is 14. The third-order valence-electron chi connectivity index (χ3n) is 14.5. The van der Waals surface area contributed by atoms with Gasteiger partial charge >= 0.3 is 0 Å². The van der Waals surface area contributed by atoms with Gasteiger partial charge in [0.05, 0.1) is 45.8 Å². The van der Waals surface area contributed by atoms with Crippen LogP contribution < -0.4 is 37.8 Å². The Bertz CT molecular complexity index is 3040. The third-order valence-corrected chi connectivity index (χ3v) is 15.2. The Balaban J connectivity index is 0.000000281. The lowest BCUT2D eigenvalue weighted by molar-refractivity contribution is -0.137. The zero-order valence-corrected chi connectivity index (χ0v) is 47.7. The molecular formula is C59H69F3IN9O10. The summed E-state index contributed by atoms with van der Waals surface area (Å²) in [4.78, 5) is 118. The van der Waals surface area contributed by atoms with Crippen LogP contribution >= 0.6 is 22.6 Å². The Morgan fingerprint density at radius 3 is 1.50 bits per heavy atom. The van der Waals surface area contributed by atoms with Crippen molar-refractivity contribution in [3.8, 4) is 0 Å². The monoisotopic (exact) mass is 1250 g/mol. The normalized spacial score (nSPS) is 16.6. The molecule has 4 heterocycles. The summed E-state index contributed by atoms with van der Waals surface area (Å²) in [5.41, 5.74) is 9.53. The molecule has 0 aromatic heterocycles. The molecule has 2 saturated heterocycles. The number of nitrogens with one attached hydrogen (secondary N) is 6. The minimum absolute atomic E-state index is 0.0766. The Morgan fingerprint density at radius 2 is 1.02 bits per heavy atom. The molecule has 2 fully saturated rings. The van der Waals surface area contributed by atoms with Crippen molar-refractivity contribution in [3.05, 3.63) is 116 Å². The Kier molecular flexibility index (Phi) is 23.3. The van der Waals surface area contributed by atoms with Gasteiger partial charge in [0.15, 0.2) is 11.6 Å². The van der Waals surface area contributed by atoms with E-state index in [1.165, 1.54) is 31.4 Å². The first kappa shape index (κ1) is 62.4. The van der Waals surface area contributed by atoms with Crippen LogP contribution in [0, 0.1) is 21.0 Å².